The van der Waals surface area contributed by atoms with Crippen LogP contribution in [0, 0.1) is 11.6 Å². The average Bonchev–Trinajstić information content (AvgIpc) is 2.82. The molecule has 1 aliphatic heterocycles. The molecule has 1 aliphatic rings. The van der Waals surface area contributed by atoms with E-state index in [1.807, 2.05) is 6.92 Å². The van der Waals surface area contributed by atoms with Crippen molar-refractivity contribution >= 4 is 17.3 Å². The van der Waals surface area contributed by atoms with Crippen LogP contribution in [0.5, 0.6) is 0 Å². The molecule has 11 heteroatoms. The van der Waals surface area contributed by atoms with Gasteiger partial charge < -0.3 is 26.0 Å². The summed E-state index contributed by atoms with van der Waals surface area (Å²) >= 11 is 0. The number of hydrogen-bond donors (Lipinski definition) is 4. The first-order valence-electron chi connectivity index (χ1n) is 10.6. The van der Waals surface area contributed by atoms with E-state index in [-0.39, 0.29) is 29.3 Å². The molecule has 178 valence electrons. The first kappa shape index (κ1) is 23.6. The molecule has 0 bridgehead atoms. The van der Waals surface area contributed by atoms with Gasteiger partial charge in [-0.25, -0.2) is 18.7 Å². The van der Waals surface area contributed by atoms with Crippen molar-refractivity contribution in [1.82, 2.24) is 15.0 Å². The maximum Gasteiger partial charge on any atom is 0.276 e. The van der Waals surface area contributed by atoms with Gasteiger partial charge in [0.15, 0.2) is 11.5 Å². The van der Waals surface area contributed by atoms with Crippen LogP contribution in [0.15, 0.2) is 42.9 Å². The predicted octanol–water partition coefficient (Wildman–Crippen LogP) is 2.61. The van der Waals surface area contributed by atoms with Crippen molar-refractivity contribution < 1.29 is 28.5 Å². The summed E-state index contributed by atoms with van der Waals surface area (Å²) in [4.78, 5) is 24.9. The Morgan fingerprint density at radius 3 is 2.68 bits per heavy atom. The van der Waals surface area contributed by atoms with Crippen LogP contribution in [0.3, 0.4) is 0 Å². The lowest BCUT2D eigenvalue weighted by molar-refractivity contribution is -0.170. The van der Waals surface area contributed by atoms with Gasteiger partial charge in [0.1, 0.15) is 17.7 Å². The molecule has 4 rings (SSSR count). The number of hydrogen-bond acceptors (Lipinski definition) is 8. The van der Waals surface area contributed by atoms with E-state index in [0.29, 0.717) is 12.0 Å². The summed E-state index contributed by atoms with van der Waals surface area (Å²) in [6.07, 6.45) is 1.37. The van der Waals surface area contributed by atoms with Gasteiger partial charge in [0.2, 0.25) is 0 Å². The molecule has 0 radical (unpaired) electrons. The van der Waals surface area contributed by atoms with Gasteiger partial charge in [-0.1, -0.05) is 13.0 Å². The average molecular weight is 471 g/mol. The molecular weight excluding hydrogens is 448 g/mol. The molecule has 0 saturated carbocycles. The van der Waals surface area contributed by atoms with E-state index in [9.17, 15) is 23.8 Å². The molecule has 1 aromatic carbocycles. The zero-order valence-electron chi connectivity index (χ0n) is 18.2. The monoisotopic (exact) mass is 471 g/mol. The Hall–Kier alpha value is -3.54. The van der Waals surface area contributed by atoms with Crippen molar-refractivity contribution in [3.63, 3.8) is 0 Å². The fraction of sp³-hybridized carbons (Fsp3) is 0.304. The summed E-state index contributed by atoms with van der Waals surface area (Å²) in [6, 6.07) is 4.94. The Kier molecular flexibility index (Phi) is 6.77. The lowest BCUT2D eigenvalue weighted by atomic mass is 9.92. The number of carbonyl (C=O) groups excluding carboxylic acids is 1. The third kappa shape index (κ3) is 4.58. The number of nitrogens with two attached hydrogens (primary N) is 1. The fourth-order valence-corrected chi connectivity index (χ4v) is 3.87. The number of carbonyl (C=O) groups is 1. The Bertz CT molecular complexity index is 1190. The second-order valence-electron chi connectivity index (χ2n) is 7.88. The highest BCUT2D eigenvalue weighted by molar-refractivity contribution is 6.06. The summed E-state index contributed by atoms with van der Waals surface area (Å²) in [5.41, 5.74) is 5.82. The molecule has 0 spiro atoms. The Morgan fingerprint density at radius 1 is 1.24 bits per heavy atom. The molecule has 4 atom stereocenters. The third-order valence-electron chi connectivity index (χ3n) is 5.64. The van der Waals surface area contributed by atoms with Crippen molar-refractivity contribution in [1.29, 1.82) is 0 Å². The molecule has 0 unspecified atom stereocenters. The van der Waals surface area contributed by atoms with E-state index in [0.717, 1.165) is 18.3 Å². The number of anilines is 2. The van der Waals surface area contributed by atoms with Crippen LogP contribution in [0.4, 0.5) is 20.2 Å². The van der Waals surface area contributed by atoms with Gasteiger partial charge >= 0.3 is 0 Å². The van der Waals surface area contributed by atoms with Crippen molar-refractivity contribution in [2.24, 2.45) is 0 Å². The van der Waals surface area contributed by atoms with Crippen molar-refractivity contribution in [3.8, 4) is 11.4 Å². The maximum absolute atomic E-state index is 14.2. The molecule has 1 saturated heterocycles. The van der Waals surface area contributed by atoms with Crippen LogP contribution < -0.4 is 11.1 Å². The zero-order chi connectivity index (χ0) is 24.4. The first-order valence-corrected chi connectivity index (χ1v) is 10.6. The quantitative estimate of drug-likeness (QED) is 0.445. The van der Waals surface area contributed by atoms with Crippen LogP contribution in [0.2, 0.25) is 0 Å². The van der Waals surface area contributed by atoms with Crippen molar-refractivity contribution in [3.05, 3.63) is 65.7 Å². The number of nitrogen functional groups attached to an aromatic ring is 1. The molecule has 9 nitrogen and oxygen atoms in total. The number of nitrogens with one attached hydrogen (secondary N) is 1. The van der Waals surface area contributed by atoms with Crippen LogP contribution >= 0.6 is 0 Å². The lowest BCUT2D eigenvalue weighted by Gasteiger charge is -2.37. The number of ether oxygens (including phenoxy) is 1. The summed E-state index contributed by atoms with van der Waals surface area (Å²) < 4.78 is 34.3. The molecule has 3 heterocycles. The molecule has 34 heavy (non-hydrogen) atoms. The van der Waals surface area contributed by atoms with Crippen LogP contribution in [0.1, 0.15) is 41.9 Å². The third-order valence-corrected chi connectivity index (χ3v) is 5.64. The fourth-order valence-electron chi connectivity index (χ4n) is 3.87. The van der Waals surface area contributed by atoms with Crippen molar-refractivity contribution in [2.75, 3.05) is 11.1 Å². The van der Waals surface area contributed by atoms with Gasteiger partial charge in [-0.3, -0.25) is 9.78 Å². The maximum atomic E-state index is 14.2. The molecule has 5 N–H and O–H groups in total. The second kappa shape index (κ2) is 9.75. The number of aliphatic hydroxyl groups is 2. The highest BCUT2D eigenvalue weighted by Gasteiger charge is 2.37. The standard InChI is InChI=1S/C23H23F2N5O4/c1-2-17-21(32)16(31)8-18(34-17)11-6-7-27-10-15(11)29-23(33)20-14(26)9-28-22(30-20)19-12(24)4-3-5-13(19)25/h3-7,9-10,16-18,21,31-32H,2,8,26H2,1H3,(H,29,33)/t16-,17-,18-,21+/m1/s1. The second-order valence-corrected chi connectivity index (χ2v) is 7.88. The lowest BCUT2D eigenvalue weighted by Crippen LogP contribution is -2.45. The number of pyridine rings is 1. The van der Waals surface area contributed by atoms with E-state index >= 15 is 0 Å². The summed E-state index contributed by atoms with van der Waals surface area (Å²) in [5, 5.41) is 23.0. The van der Waals surface area contributed by atoms with Gasteiger partial charge in [0.25, 0.3) is 5.91 Å². The van der Waals surface area contributed by atoms with E-state index in [2.05, 4.69) is 20.3 Å². The van der Waals surface area contributed by atoms with Gasteiger partial charge in [0, 0.05) is 18.2 Å². The molecule has 0 aliphatic carbocycles. The minimum Gasteiger partial charge on any atom is -0.396 e. The number of benzene rings is 1. The first-order chi connectivity index (χ1) is 16.3. The molecule has 1 fully saturated rings. The minimum atomic E-state index is -1.01. The Balaban J connectivity index is 1.64. The number of aliphatic hydroxyl groups excluding tert-OH is 2. The number of aromatic nitrogens is 3. The van der Waals surface area contributed by atoms with Crippen LogP contribution in [0.25, 0.3) is 11.4 Å². The Labute approximate surface area is 193 Å². The number of amides is 1. The van der Waals surface area contributed by atoms with Gasteiger partial charge in [0.05, 0.1) is 47.6 Å². The van der Waals surface area contributed by atoms with Crippen LogP contribution in [-0.2, 0) is 4.74 Å². The van der Waals surface area contributed by atoms with Gasteiger partial charge in [-0.15, -0.1) is 0 Å². The molecule has 3 aromatic rings. The van der Waals surface area contributed by atoms with Gasteiger partial charge in [-0.05, 0) is 24.6 Å². The molecule has 1 amide bonds. The summed E-state index contributed by atoms with van der Waals surface area (Å²) in [5.74, 6) is -2.85. The van der Waals surface area contributed by atoms with Gasteiger partial charge in [-0.2, -0.15) is 0 Å². The van der Waals surface area contributed by atoms with E-state index in [4.69, 9.17) is 10.5 Å². The Morgan fingerprint density at radius 2 is 1.97 bits per heavy atom. The number of nitrogens with zero attached hydrogens (tertiary/aromatic N) is 3. The smallest absolute Gasteiger partial charge is 0.276 e. The normalized spacial score (nSPS) is 22.4. The number of halogens is 2. The van der Waals surface area contributed by atoms with Crippen molar-refractivity contribution in [2.45, 2.75) is 44.2 Å². The predicted molar refractivity (Wildman–Crippen MR) is 119 cm³/mol. The van der Waals surface area contributed by atoms with E-state index in [1.54, 1.807) is 6.07 Å². The molecular formula is C23H23F2N5O4. The van der Waals surface area contributed by atoms with E-state index in [1.165, 1.54) is 18.5 Å². The number of rotatable bonds is 5. The summed E-state index contributed by atoms with van der Waals surface area (Å²) in [7, 11) is 0. The largest absolute Gasteiger partial charge is 0.396 e. The zero-order valence-corrected chi connectivity index (χ0v) is 18.2. The van der Waals surface area contributed by atoms with Crippen LogP contribution in [-0.4, -0.2) is 49.4 Å². The van der Waals surface area contributed by atoms with E-state index < -0.39 is 47.5 Å². The molecule has 2 aromatic heterocycles. The topological polar surface area (TPSA) is 143 Å². The minimum absolute atomic E-state index is 0.0954. The highest BCUT2D eigenvalue weighted by atomic mass is 19.1. The SMILES string of the molecule is CC[C@H]1O[C@@H](c2ccncc2NC(=O)c2nc(-c3c(F)cccc3F)ncc2N)C[C@@H](O)[C@@H]1O. The highest BCUT2D eigenvalue weighted by Crippen LogP contribution is 2.36. The summed E-state index contributed by atoms with van der Waals surface area (Å²) in [6.45, 7) is 1.83.